The van der Waals surface area contributed by atoms with Crippen LogP contribution in [0.25, 0.3) is 11.3 Å². The summed E-state index contributed by atoms with van der Waals surface area (Å²) in [6.07, 6.45) is 8.97. The van der Waals surface area contributed by atoms with Crippen LogP contribution in [0.2, 0.25) is 0 Å². The number of rotatable bonds is 4. The molecule has 0 saturated carbocycles. The van der Waals surface area contributed by atoms with E-state index in [-0.39, 0.29) is 5.91 Å². The summed E-state index contributed by atoms with van der Waals surface area (Å²) < 4.78 is 11.6. The second-order valence-electron chi connectivity index (χ2n) is 8.67. The van der Waals surface area contributed by atoms with Crippen molar-refractivity contribution in [2.45, 2.75) is 13.2 Å². The number of ether oxygens (including phenoxy) is 2. The molecule has 6 bridgehead atoms. The number of carbonyl (C=O) groups is 1. The Hall–Kier alpha value is -3.85. The van der Waals surface area contributed by atoms with Gasteiger partial charge >= 0.3 is 0 Å². The van der Waals surface area contributed by atoms with Crippen molar-refractivity contribution in [3.8, 4) is 11.3 Å². The molecule has 0 fully saturated rings. The molecule has 1 aromatic heterocycles. The minimum Gasteiger partial charge on any atom is -0.373 e. The van der Waals surface area contributed by atoms with Gasteiger partial charge in [0.1, 0.15) is 0 Å². The van der Waals surface area contributed by atoms with Gasteiger partial charge in [0.15, 0.2) is 0 Å². The van der Waals surface area contributed by atoms with Crippen LogP contribution in [0.1, 0.15) is 11.1 Å². The number of carbonyl (C=O) groups excluding carboxylic acids is 1. The molecule has 2 aromatic carbocycles. The first-order chi connectivity index (χ1) is 17.5. The predicted octanol–water partition coefficient (Wildman–Crippen LogP) is 4.55. The van der Waals surface area contributed by atoms with Gasteiger partial charge in [-0.25, -0.2) is 9.97 Å². The van der Waals surface area contributed by atoms with Gasteiger partial charge in [-0.05, 0) is 55.6 Å². The van der Waals surface area contributed by atoms with Gasteiger partial charge in [-0.2, -0.15) is 0 Å². The average Bonchev–Trinajstić information content (AvgIpc) is 2.85. The van der Waals surface area contributed by atoms with Crippen molar-refractivity contribution >= 4 is 23.2 Å². The molecule has 0 spiro atoms. The van der Waals surface area contributed by atoms with Gasteiger partial charge in [0.25, 0.3) is 0 Å². The Morgan fingerprint density at radius 1 is 1.06 bits per heavy atom. The van der Waals surface area contributed by atoms with E-state index in [1.807, 2.05) is 79.7 Å². The highest BCUT2D eigenvalue weighted by Gasteiger charge is 2.08. The molecule has 186 valence electrons. The second kappa shape index (κ2) is 12.7. The van der Waals surface area contributed by atoms with Crippen LogP contribution in [0.4, 0.5) is 17.3 Å². The van der Waals surface area contributed by atoms with Crippen molar-refractivity contribution in [3.63, 3.8) is 0 Å². The lowest BCUT2D eigenvalue weighted by Crippen LogP contribution is -2.13. The number of anilines is 3. The molecule has 4 rings (SSSR count). The Morgan fingerprint density at radius 3 is 2.67 bits per heavy atom. The number of hydrogen-bond acceptors (Lipinski definition) is 7. The van der Waals surface area contributed by atoms with Crippen molar-refractivity contribution in [1.82, 2.24) is 14.9 Å². The zero-order valence-electron chi connectivity index (χ0n) is 20.6. The van der Waals surface area contributed by atoms with E-state index in [9.17, 15) is 4.79 Å². The second-order valence-corrected chi connectivity index (χ2v) is 8.67. The predicted molar refractivity (Wildman–Crippen MR) is 142 cm³/mol. The average molecular weight is 486 g/mol. The molecule has 0 radical (unpaired) electrons. The lowest BCUT2D eigenvalue weighted by Gasteiger charge is -2.13. The van der Waals surface area contributed by atoms with Crippen LogP contribution < -0.4 is 10.6 Å². The van der Waals surface area contributed by atoms with Gasteiger partial charge < -0.3 is 25.0 Å². The van der Waals surface area contributed by atoms with Gasteiger partial charge in [0.2, 0.25) is 11.9 Å². The molecule has 0 saturated heterocycles. The summed E-state index contributed by atoms with van der Waals surface area (Å²) in [5.41, 5.74) is 5.16. The van der Waals surface area contributed by atoms with E-state index in [0.717, 1.165) is 28.1 Å². The van der Waals surface area contributed by atoms with Crippen LogP contribution in [0.3, 0.4) is 0 Å². The fourth-order valence-electron chi connectivity index (χ4n) is 3.63. The summed E-state index contributed by atoms with van der Waals surface area (Å²) >= 11 is 0. The van der Waals surface area contributed by atoms with Gasteiger partial charge in [0.05, 0.1) is 32.1 Å². The molecular formula is C28H31N5O3. The zero-order chi connectivity index (χ0) is 25.2. The molecule has 3 aromatic rings. The molecule has 2 N–H and O–H groups in total. The third-order valence-electron chi connectivity index (χ3n) is 5.27. The fraction of sp³-hybridized carbons (Fsp3) is 0.250. The first-order valence-corrected chi connectivity index (χ1v) is 11.8. The largest absolute Gasteiger partial charge is 0.373 e. The third-order valence-corrected chi connectivity index (χ3v) is 5.27. The van der Waals surface area contributed by atoms with Crippen LogP contribution in [0.15, 0.2) is 79.0 Å². The molecule has 8 nitrogen and oxygen atoms in total. The number of benzene rings is 2. The van der Waals surface area contributed by atoms with Crippen molar-refractivity contribution in [1.29, 1.82) is 0 Å². The summed E-state index contributed by atoms with van der Waals surface area (Å²) in [6, 6.07) is 15.7. The molecule has 36 heavy (non-hydrogen) atoms. The molecule has 0 unspecified atom stereocenters. The van der Waals surface area contributed by atoms with E-state index in [0.29, 0.717) is 44.6 Å². The maximum absolute atomic E-state index is 12.4. The summed E-state index contributed by atoms with van der Waals surface area (Å²) in [6.45, 7) is 2.53. The SMILES string of the molecule is CN(C)C/C=C/C(=O)Nc1cc2cc(c1)Nc1nccc(n1)-c1cccc(c1)COC/C=C/COC2. The summed E-state index contributed by atoms with van der Waals surface area (Å²) in [7, 11) is 3.90. The van der Waals surface area contributed by atoms with Crippen molar-refractivity contribution in [2.75, 3.05) is 44.5 Å². The lowest BCUT2D eigenvalue weighted by molar-refractivity contribution is -0.111. The van der Waals surface area contributed by atoms with E-state index >= 15 is 0 Å². The number of nitrogens with one attached hydrogen (secondary N) is 2. The Labute approximate surface area is 211 Å². The normalized spacial score (nSPS) is 15.1. The molecule has 2 heterocycles. The summed E-state index contributed by atoms with van der Waals surface area (Å²) in [5.74, 6) is 0.260. The summed E-state index contributed by atoms with van der Waals surface area (Å²) in [5, 5.41) is 6.21. The van der Waals surface area contributed by atoms with Gasteiger partial charge in [0, 0.05) is 35.8 Å². The number of fused-ring (bicyclic) bond motifs is 7. The third kappa shape index (κ3) is 7.84. The topological polar surface area (TPSA) is 88.6 Å². The summed E-state index contributed by atoms with van der Waals surface area (Å²) in [4.78, 5) is 23.5. The van der Waals surface area contributed by atoms with E-state index in [4.69, 9.17) is 14.5 Å². The Morgan fingerprint density at radius 2 is 1.86 bits per heavy atom. The molecule has 0 atom stereocenters. The van der Waals surface area contributed by atoms with Crippen molar-refractivity contribution in [2.24, 2.45) is 0 Å². The van der Waals surface area contributed by atoms with Crippen LogP contribution >= 0.6 is 0 Å². The number of aromatic nitrogens is 2. The smallest absolute Gasteiger partial charge is 0.248 e. The minimum absolute atomic E-state index is 0.198. The molecule has 1 amide bonds. The number of amides is 1. The van der Waals surface area contributed by atoms with Crippen molar-refractivity contribution in [3.05, 3.63) is 90.2 Å². The molecule has 8 heteroatoms. The number of likely N-dealkylation sites (N-methyl/N-ethyl adjacent to an activating group) is 1. The molecular weight excluding hydrogens is 454 g/mol. The van der Waals surface area contributed by atoms with Crippen LogP contribution in [0.5, 0.6) is 0 Å². The fourth-order valence-corrected chi connectivity index (χ4v) is 3.63. The Balaban J connectivity index is 1.61. The van der Waals surface area contributed by atoms with E-state index in [2.05, 4.69) is 21.7 Å². The van der Waals surface area contributed by atoms with Gasteiger partial charge in [-0.1, -0.05) is 36.4 Å². The first-order valence-electron chi connectivity index (χ1n) is 11.8. The molecule has 1 aliphatic rings. The number of nitrogens with zero attached hydrogens (tertiary/aromatic N) is 3. The van der Waals surface area contributed by atoms with Crippen LogP contribution in [-0.2, 0) is 27.5 Å². The minimum atomic E-state index is -0.198. The van der Waals surface area contributed by atoms with Gasteiger partial charge in [-0.15, -0.1) is 0 Å². The quantitative estimate of drug-likeness (QED) is 0.414. The Kier molecular flexibility index (Phi) is 8.93. The van der Waals surface area contributed by atoms with Crippen LogP contribution in [-0.4, -0.2) is 54.6 Å². The highest BCUT2D eigenvalue weighted by molar-refractivity contribution is 5.99. The van der Waals surface area contributed by atoms with Gasteiger partial charge in [-0.3, -0.25) is 4.79 Å². The van der Waals surface area contributed by atoms with Crippen LogP contribution in [0, 0.1) is 0 Å². The molecule has 1 aliphatic heterocycles. The maximum Gasteiger partial charge on any atom is 0.248 e. The van der Waals surface area contributed by atoms with Crippen molar-refractivity contribution < 1.29 is 14.3 Å². The zero-order valence-corrected chi connectivity index (χ0v) is 20.6. The Bertz CT molecular complexity index is 1240. The number of hydrogen-bond donors (Lipinski definition) is 2. The lowest BCUT2D eigenvalue weighted by atomic mass is 10.1. The molecule has 0 aliphatic carbocycles. The highest BCUT2D eigenvalue weighted by atomic mass is 16.5. The van der Waals surface area contributed by atoms with E-state index < -0.39 is 0 Å². The van der Waals surface area contributed by atoms with E-state index in [1.165, 1.54) is 6.08 Å². The monoisotopic (exact) mass is 485 g/mol. The first kappa shape index (κ1) is 25.2. The standard InChI is InChI=1S/C28H31N5O3/c1-33(2)12-6-9-27(34)30-24-16-22-17-25(18-24)31-28-29-11-10-26(32-28)23-8-5-7-21(15-23)19-35-13-3-4-14-36-20-22/h3-11,15-18H,12-14,19-20H2,1-2H3,(H,30,34)(H,29,31,32)/b4-3+,9-6+. The maximum atomic E-state index is 12.4. The highest BCUT2D eigenvalue weighted by Crippen LogP contribution is 2.24. The van der Waals surface area contributed by atoms with E-state index in [1.54, 1.807) is 6.20 Å².